The second-order valence-electron chi connectivity index (χ2n) is 7.58. The van der Waals surface area contributed by atoms with Crippen molar-refractivity contribution in [3.8, 4) is 17.2 Å². The van der Waals surface area contributed by atoms with Gasteiger partial charge in [-0.2, -0.15) is 0 Å². The molecule has 1 aromatic heterocycles. The number of halogens is 1. The number of para-hydroxylation sites is 1. The summed E-state index contributed by atoms with van der Waals surface area (Å²) in [5.41, 5.74) is 1.16. The number of carbonyl (C=O) groups excluding carboxylic acids is 1. The third-order valence-electron chi connectivity index (χ3n) is 5.37. The molecule has 1 N–H and O–H groups in total. The zero-order valence-corrected chi connectivity index (χ0v) is 23.4. The van der Waals surface area contributed by atoms with Gasteiger partial charge in [0.15, 0.2) is 26.5 Å². The molecule has 0 spiro atoms. The number of carbonyl (C=O) groups is 1. The molecule has 1 unspecified atom stereocenters. The first-order valence-corrected chi connectivity index (χ1v) is 14.4. The Morgan fingerprint density at radius 2 is 1.69 bits per heavy atom. The summed E-state index contributed by atoms with van der Waals surface area (Å²) in [5.74, 6) is 1.17. The molecule has 1 amide bonds. The van der Waals surface area contributed by atoms with Crippen molar-refractivity contribution in [2.75, 3.05) is 25.3 Å². The first-order valence-electron chi connectivity index (χ1n) is 10.8. The van der Waals surface area contributed by atoms with Crippen LogP contribution in [0.1, 0.15) is 18.6 Å². The van der Waals surface area contributed by atoms with Crippen LogP contribution in [0.4, 0.5) is 5.13 Å². The SMILES string of the molecule is CCS(=O)(=O)c1ccc(C(Oc2ccccc2I)C(=O)Nc2nc3cc(OC)c(OC)cc3s2)cc1. The number of fused-ring (bicyclic) bond motifs is 1. The molecule has 0 fully saturated rings. The van der Waals surface area contributed by atoms with Crippen LogP contribution in [-0.2, 0) is 14.6 Å². The fraction of sp³-hybridized carbons (Fsp3) is 0.200. The number of hydrogen-bond acceptors (Lipinski definition) is 8. The lowest BCUT2D eigenvalue weighted by Crippen LogP contribution is -2.26. The number of benzene rings is 3. The van der Waals surface area contributed by atoms with Crippen molar-refractivity contribution in [3.05, 3.63) is 69.8 Å². The van der Waals surface area contributed by atoms with Gasteiger partial charge in [0, 0.05) is 17.7 Å². The number of nitrogens with one attached hydrogen (secondary N) is 1. The smallest absolute Gasteiger partial charge is 0.271 e. The first kappa shape index (κ1) is 26.2. The van der Waals surface area contributed by atoms with Gasteiger partial charge < -0.3 is 14.2 Å². The molecule has 8 nitrogen and oxygen atoms in total. The van der Waals surface area contributed by atoms with Gasteiger partial charge in [-0.3, -0.25) is 10.1 Å². The largest absolute Gasteiger partial charge is 0.493 e. The Morgan fingerprint density at radius 3 is 2.33 bits per heavy atom. The molecular formula is C25H23IN2O6S2. The van der Waals surface area contributed by atoms with Crippen molar-refractivity contribution < 1.29 is 27.4 Å². The van der Waals surface area contributed by atoms with Crippen molar-refractivity contribution in [3.63, 3.8) is 0 Å². The van der Waals surface area contributed by atoms with Gasteiger partial charge in [-0.05, 0) is 46.9 Å². The van der Waals surface area contributed by atoms with Gasteiger partial charge in [-0.1, -0.05) is 42.5 Å². The molecule has 0 aliphatic heterocycles. The van der Waals surface area contributed by atoms with Crippen LogP contribution >= 0.6 is 33.9 Å². The van der Waals surface area contributed by atoms with Crippen LogP contribution in [0, 0.1) is 3.57 Å². The van der Waals surface area contributed by atoms with Gasteiger partial charge in [0.05, 0.1) is 38.7 Å². The van der Waals surface area contributed by atoms with E-state index in [1.807, 2.05) is 18.2 Å². The van der Waals surface area contributed by atoms with Crippen molar-refractivity contribution in [1.29, 1.82) is 0 Å². The molecule has 0 radical (unpaired) electrons. The molecule has 4 aromatic rings. The van der Waals surface area contributed by atoms with Crippen LogP contribution in [0.3, 0.4) is 0 Å². The van der Waals surface area contributed by atoms with Crippen LogP contribution in [0.15, 0.2) is 65.6 Å². The van der Waals surface area contributed by atoms with Gasteiger partial charge in [0.2, 0.25) is 6.10 Å². The molecule has 0 saturated heterocycles. The van der Waals surface area contributed by atoms with Gasteiger partial charge >= 0.3 is 0 Å². The summed E-state index contributed by atoms with van der Waals surface area (Å²) < 4.78 is 42.9. The highest BCUT2D eigenvalue weighted by Crippen LogP contribution is 2.37. The van der Waals surface area contributed by atoms with Crippen molar-refractivity contribution in [2.45, 2.75) is 17.9 Å². The van der Waals surface area contributed by atoms with Gasteiger partial charge in [0.25, 0.3) is 5.91 Å². The van der Waals surface area contributed by atoms with E-state index in [9.17, 15) is 13.2 Å². The third-order valence-corrected chi connectivity index (χ3v) is 8.94. The summed E-state index contributed by atoms with van der Waals surface area (Å²) in [7, 11) is -0.276. The van der Waals surface area contributed by atoms with E-state index >= 15 is 0 Å². The zero-order chi connectivity index (χ0) is 25.9. The van der Waals surface area contributed by atoms with Crippen LogP contribution in [0.5, 0.6) is 17.2 Å². The van der Waals surface area contributed by atoms with Crippen LogP contribution in [-0.4, -0.2) is 39.3 Å². The minimum atomic E-state index is -3.37. The van der Waals surface area contributed by atoms with E-state index in [1.54, 1.807) is 51.5 Å². The summed E-state index contributed by atoms with van der Waals surface area (Å²) in [6.45, 7) is 1.59. The summed E-state index contributed by atoms with van der Waals surface area (Å²) >= 11 is 3.42. The molecule has 4 rings (SSSR count). The van der Waals surface area contributed by atoms with Gasteiger partial charge in [-0.25, -0.2) is 13.4 Å². The lowest BCUT2D eigenvalue weighted by molar-refractivity contribution is -0.123. The zero-order valence-electron chi connectivity index (χ0n) is 19.6. The van der Waals surface area contributed by atoms with E-state index in [-0.39, 0.29) is 10.6 Å². The highest BCUT2D eigenvalue weighted by Gasteiger charge is 2.26. The summed E-state index contributed by atoms with van der Waals surface area (Å²) in [6, 6.07) is 17.0. The van der Waals surface area contributed by atoms with E-state index in [2.05, 4.69) is 32.9 Å². The van der Waals surface area contributed by atoms with E-state index in [1.165, 1.54) is 23.5 Å². The van der Waals surface area contributed by atoms with E-state index in [0.29, 0.717) is 33.5 Å². The van der Waals surface area contributed by atoms with E-state index < -0.39 is 21.8 Å². The highest BCUT2D eigenvalue weighted by atomic mass is 127. The number of hydrogen-bond donors (Lipinski definition) is 1. The molecule has 0 bridgehead atoms. The van der Waals surface area contributed by atoms with E-state index in [0.717, 1.165) is 8.27 Å². The second-order valence-corrected chi connectivity index (χ2v) is 12.1. The lowest BCUT2D eigenvalue weighted by atomic mass is 10.1. The lowest BCUT2D eigenvalue weighted by Gasteiger charge is -2.19. The molecular weight excluding hydrogens is 615 g/mol. The first-order chi connectivity index (χ1) is 17.2. The minimum absolute atomic E-state index is 0.0118. The van der Waals surface area contributed by atoms with Gasteiger partial charge in [-0.15, -0.1) is 0 Å². The Hall–Kier alpha value is -2.90. The predicted octanol–water partition coefficient (Wildman–Crippen LogP) is 5.47. The highest BCUT2D eigenvalue weighted by molar-refractivity contribution is 14.1. The Kier molecular flexibility index (Phi) is 8.00. The number of anilines is 1. The Balaban J connectivity index is 1.67. The average Bonchev–Trinajstić information content (AvgIpc) is 3.28. The number of methoxy groups -OCH3 is 2. The number of rotatable bonds is 9. The number of aromatic nitrogens is 1. The minimum Gasteiger partial charge on any atom is -0.493 e. The quantitative estimate of drug-likeness (QED) is 0.243. The summed E-state index contributed by atoms with van der Waals surface area (Å²) in [6.07, 6.45) is -1.05. The third kappa shape index (κ3) is 5.57. The maximum atomic E-state index is 13.5. The Bertz CT molecular complexity index is 1460. The fourth-order valence-electron chi connectivity index (χ4n) is 3.44. The average molecular weight is 639 g/mol. The molecule has 0 aliphatic carbocycles. The Morgan fingerprint density at radius 1 is 1.03 bits per heavy atom. The summed E-state index contributed by atoms with van der Waals surface area (Å²) in [4.78, 5) is 18.2. The molecule has 0 aliphatic rings. The van der Waals surface area contributed by atoms with Crippen LogP contribution in [0.25, 0.3) is 10.2 Å². The van der Waals surface area contributed by atoms with Gasteiger partial charge in [0.1, 0.15) is 5.75 Å². The monoisotopic (exact) mass is 638 g/mol. The maximum absolute atomic E-state index is 13.5. The number of amides is 1. The Labute approximate surface area is 226 Å². The van der Waals surface area contributed by atoms with Crippen LogP contribution in [0.2, 0.25) is 0 Å². The van der Waals surface area contributed by atoms with E-state index in [4.69, 9.17) is 14.2 Å². The molecule has 11 heteroatoms. The molecule has 0 saturated carbocycles. The molecule has 1 atom stereocenters. The summed E-state index contributed by atoms with van der Waals surface area (Å²) in [5, 5.41) is 3.22. The molecule has 1 heterocycles. The molecule has 188 valence electrons. The molecule has 3 aromatic carbocycles. The second kappa shape index (κ2) is 11.0. The predicted molar refractivity (Wildman–Crippen MR) is 148 cm³/mol. The standard InChI is InChI=1S/C25H23IN2O6S2/c1-4-36(30,31)16-11-9-15(10-12-16)23(34-19-8-6-5-7-17(19)26)24(29)28-25-27-18-13-20(32-2)21(33-3)14-22(18)35-25/h5-14,23H,4H2,1-3H3,(H,27,28,29). The van der Waals surface area contributed by atoms with Crippen LogP contribution < -0.4 is 19.5 Å². The van der Waals surface area contributed by atoms with Crippen molar-refractivity contribution >= 4 is 65.0 Å². The van der Waals surface area contributed by atoms with Crippen molar-refractivity contribution in [2.24, 2.45) is 0 Å². The maximum Gasteiger partial charge on any atom is 0.271 e. The normalized spacial score (nSPS) is 12.2. The fourth-order valence-corrected chi connectivity index (χ4v) is 5.71. The molecule has 36 heavy (non-hydrogen) atoms. The van der Waals surface area contributed by atoms with Crippen molar-refractivity contribution in [1.82, 2.24) is 4.98 Å². The number of ether oxygens (including phenoxy) is 3. The number of nitrogens with zero attached hydrogens (tertiary/aromatic N) is 1. The number of sulfone groups is 1. The number of thiazole rings is 1. The topological polar surface area (TPSA) is 104 Å².